The second-order valence-electron chi connectivity index (χ2n) is 3.54. The van der Waals surface area contributed by atoms with Gasteiger partial charge in [-0.1, -0.05) is 0 Å². The molecule has 0 bridgehead atoms. The molecular weight excluding hydrogens is 290 g/mol. The zero-order valence-corrected chi connectivity index (χ0v) is 10.6. The summed E-state index contributed by atoms with van der Waals surface area (Å²) in [5.41, 5.74) is 0.334. The maximum absolute atomic E-state index is 13.6. The molecule has 0 spiro atoms. The summed E-state index contributed by atoms with van der Waals surface area (Å²) in [7, 11) is 0. The number of benzene rings is 1. The number of anilines is 2. The van der Waals surface area contributed by atoms with Gasteiger partial charge in [-0.25, -0.2) is 13.8 Å². The molecule has 2 nitrogen and oxygen atoms in total. The number of nitrogens with one attached hydrogen (secondary N) is 1. The number of rotatable bonds is 2. The number of aryl methyl sites for hydroxylation is 1. The van der Waals surface area contributed by atoms with Gasteiger partial charge >= 0.3 is 0 Å². The van der Waals surface area contributed by atoms with E-state index in [1.807, 2.05) is 0 Å². The number of hydrogen-bond donors (Lipinski definition) is 1. The highest BCUT2D eigenvalue weighted by Gasteiger charge is 2.09. The first-order valence-electron chi connectivity index (χ1n) is 4.91. The van der Waals surface area contributed by atoms with Crippen LogP contribution in [-0.4, -0.2) is 4.98 Å². The smallest absolute Gasteiger partial charge is 0.147 e. The molecule has 0 amide bonds. The van der Waals surface area contributed by atoms with E-state index >= 15 is 0 Å². The van der Waals surface area contributed by atoms with Crippen molar-refractivity contribution >= 4 is 27.4 Å². The van der Waals surface area contributed by atoms with Crippen molar-refractivity contribution in [2.75, 3.05) is 5.32 Å². The molecule has 0 saturated heterocycles. The predicted octanol–water partition coefficient (Wildman–Crippen LogP) is 4.17. The Morgan fingerprint density at radius 3 is 2.71 bits per heavy atom. The maximum Gasteiger partial charge on any atom is 0.147 e. The Kier molecular flexibility index (Phi) is 3.38. The molecule has 88 valence electrons. The highest BCUT2D eigenvalue weighted by atomic mass is 79.9. The minimum atomic E-state index is -0.513. The van der Waals surface area contributed by atoms with Gasteiger partial charge in [-0.3, -0.25) is 0 Å². The minimum absolute atomic E-state index is 0.0625. The Bertz CT molecular complexity index is 558. The van der Waals surface area contributed by atoms with Crippen LogP contribution in [0.1, 0.15) is 5.56 Å². The highest BCUT2D eigenvalue weighted by molar-refractivity contribution is 9.10. The Labute approximate surface area is 106 Å². The van der Waals surface area contributed by atoms with Crippen molar-refractivity contribution in [1.29, 1.82) is 0 Å². The van der Waals surface area contributed by atoms with Gasteiger partial charge < -0.3 is 5.32 Å². The van der Waals surface area contributed by atoms with Crippen LogP contribution in [0.15, 0.2) is 34.9 Å². The van der Waals surface area contributed by atoms with Crippen LogP contribution < -0.4 is 5.32 Å². The van der Waals surface area contributed by atoms with Crippen LogP contribution in [0.25, 0.3) is 0 Å². The number of hydrogen-bond acceptors (Lipinski definition) is 2. The van der Waals surface area contributed by atoms with Crippen LogP contribution in [-0.2, 0) is 0 Å². The molecule has 2 aromatic rings. The van der Waals surface area contributed by atoms with E-state index < -0.39 is 11.6 Å². The van der Waals surface area contributed by atoms with Gasteiger partial charge in [0.2, 0.25) is 0 Å². The molecule has 5 heteroatoms. The van der Waals surface area contributed by atoms with Crippen molar-refractivity contribution in [2.24, 2.45) is 0 Å². The molecule has 0 radical (unpaired) electrons. The lowest BCUT2D eigenvalue weighted by atomic mass is 10.2. The summed E-state index contributed by atoms with van der Waals surface area (Å²) in [4.78, 5) is 4.02. The summed E-state index contributed by atoms with van der Waals surface area (Å²) in [5, 5.41) is 2.74. The third-order valence-electron chi connectivity index (χ3n) is 2.26. The van der Waals surface area contributed by atoms with Crippen LogP contribution in [0.4, 0.5) is 20.3 Å². The lowest BCUT2D eigenvalue weighted by Crippen LogP contribution is -1.98. The number of halogens is 3. The SMILES string of the molecule is Cc1cc(F)c(Nc2ncccc2Br)cc1F. The molecule has 0 saturated carbocycles. The Balaban J connectivity index is 2.37. The Morgan fingerprint density at radius 2 is 2.00 bits per heavy atom. The minimum Gasteiger partial charge on any atom is -0.337 e. The third kappa shape index (κ3) is 2.61. The zero-order valence-electron chi connectivity index (χ0n) is 8.97. The van der Waals surface area contributed by atoms with E-state index in [1.54, 1.807) is 18.3 Å². The third-order valence-corrected chi connectivity index (χ3v) is 2.90. The topological polar surface area (TPSA) is 24.9 Å². The van der Waals surface area contributed by atoms with Gasteiger partial charge in [0.1, 0.15) is 17.5 Å². The summed E-state index contributed by atoms with van der Waals surface area (Å²) in [6.07, 6.45) is 1.57. The number of pyridine rings is 1. The Morgan fingerprint density at radius 1 is 1.24 bits per heavy atom. The van der Waals surface area contributed by atoms with Gasteiger partial charge in [-0.2, -0.15) is 0 Å². The summed E-state index contributed by atoms with van der Waals surface area (Å²) >= 11 is 3.27. The van der Waals surface area contributed by atoms with Crippen molar-refractivity contribution < 1.29 is 8.78 Å². The average molecular weight is 299 g/mol. The summed E-state index contributed by atoms with van der Waals surface area (Å²) < 4.78 is 27.6. The molecule has 1 N–H and O–H groups in total. The molecule has 0 unspecified atom stereocenters. The molecule has 2 rings (SSSR count). The lowest BCUT2D eigenvalue weighted by molar-refractivity contribution is 0.595. The van der Waals surface area contributed by atoms with E-state index in [9.17, 15) is 8.78 Å². The molecular formula is C12H9BrF2N2. The largest absolute Gasteiger partial charge is 0.337 e. The molecule has 0 aliphatic carbocycles. The van der Waals surface area contributed by atoms with E-state index in [-0.39, 0.29) is 11.3 Å². The first-order chi connectivity index (χ1) is 8.08. The molecule has 17 heavy (non-hydrogen) atoms. The fraction of sp³-hybridized carbons (Fsp3) is 0.0833. The van der Waals surface area contributed by atoms with Crippen molar-refractivity contribution in [3.8, 4) is 0 Å². The highest BCUT2D eigenvalue weighted by Crippen LogP contribution is 2.26. The van der Waals surface area contributed by atoms with Crippen LogP contribution >= 0.6 is 15.9 Å². The Hall–Kier alpha value is -1.49. The predicted molar refractivity (Wildman–Crippen MR) is 66.3 cm³/mol. The monoisotopic (exact) mass is 298 g/mol. The van der Waals surface area contributed by atoms with Crippen molar-refractivity contribution in [2.45, 2.75) is 6.92 Å². The van der Waals surface area contributed by atoms with Gasteiger partial charge in [-0.05, 0) is 46.6 Å². The maximum atomic E-state index is 13.6. The van der Waals surface area contributed by atoms with E-state index in [1.165, 1.54) is 6.92 Å². The summed E-state index contributed by atoms with van der Waals surface area (Å²) in [5.74, 6) is -0.531. The number of aromatic nitrogens is 1. The normalized spacial score (nSPS) is 10.4. The lowest BCUT2D eigenvalue weighted by Gasteiger charge is -2.09. The average Bonchev–Trinajstić information content (AvgIpc) is 2.29. The molecule has 0 atom stereocenters. The quantitative estimate of drug-likeness (QED) is 0.900. The van der Waals surface area contributed by atoms with E-state index in [2.05, 4.69) is 26.2 Å². The summed E-state index contributed by atoms with van der Waals surface area (Å²) in [6, 6.07) is 5.76. The molecule has 0 aliphatic heterocycles. The molecule has 1 aromatic heterocycles. The van der Waals surface area contributed by atoms with Crippen LogP contribution in [0.5, 0.6) is 0 Å². The van der Waals surface area contributed by atoms with Gasteiger partial charge in [0, 0.05) is 12.3 Å². The molecule has 0 aliphatic rings. The molecule has 1 heterocycles. The first kappa shape index (κ1) is 12.0. The molecule has 1 aromatic carbocycles. The van der Waals surface area contributed by atoms with Gasteiger partial charge in [0.25, 0.3) is 0 Å². The second kappa shape index (κ2) is 4.79. The van der Waals surface area contributed by atoms with Crippen LogP contribution in [0, 0.1) is 18.6 Å². The number of nitrogens with zero attached hydrogens (tertiary/aromatic N) is 1. The van der Waals surface area contributed by atoms with E-state index in [0.29, 0.717) is 10.3 Å². The fourth-order valence-corrected chi connectivity index (χ4v) is 1.70. The van der Waals surface area contributed by atoms with E-state index in [4.69, 9.17) is 0 Å². The van der Waals surface area contributed by atoms with Gasteiger partial charge in [0.05, 0.1) is 10.2 Å². The zero-order chi connectivity index (χ0) is 12.4. The van der Waals surface area contributed by atoms with Gasteiger partial charge in [-0.15, -0.1) is 0 Å². The van der Waals surface area contributed by atoms with Crippen LogP contribution in [0.3, 0.4) is 0 Å². The summed E-state index contributed by atoms with van der Waals surface area (Å²) in [6.45, 7) is 1.51. The fourth-order valence-electron chi connectivity index (χ4n) is 1.35. The standard InChI is InChI=1S/C12H9BrF2N2/c1-7-5-10(15)11(6-9(7)14)17-12-8(13)3-2-4-16-12/h2-6H,1H3,(H,16,17). The van der Waals surface area contributed by atoms with E-state index in [0.717, 1.165) is 12.1 Å². The second-order valence-corrected chi connectivity index (χ2v) is 4.39. The van der Waals surface area contributed by atoms with Crippen molar-refractivity contribution in [3.63, 3.8) is 0 Å². The molecule has 0 fully saturated rings. The first-order valence-corrected chi connectivity index (χ1v) is 5.70. The van der Waals surface area contributed by atoms with Crippen molar-refractivity contribution in [3.05, 3.63) is 52.1 Å². The van der Waals surface area contributed by atoms with Crippen molar-refractivity contribution in [1.82, 2.24) is 4.98 Å². The van der Waals surface area contributed by atoms with Gasteiger partial charge in [0.15, 0.2) is 0 Å². The van der Waals surface area contributed by atoms with Crippen LogP contribution in [0.2, 0.25) is 0 Å².